The summed E-state index contributed by atoms with van der Waals surface area (Å²) in [4.78, 5) is 24.2. The number of nitrogens with two attached hydrogens (primary N) is 1. The molecule has 0 unspecified atom stereocenters. The summed E-state index contributed by atoms with van der Waals surface area (Å²) in [7, 11) is 0. The fraction of sp³-hybridized carbons (Fsp3) is 0.333. The lowest BCUT2D eigenvalue weighted by Crippen LogP contribution is -2.45. The lowest BCUT2D eigenvalue weighted by molar-refractivity contribution is -0.137. The third kappa shape index (κ3) is 5.58. The number of carbonyl (C=O) groups is 2. The molecule has 2 amide bonds. The van der Waals surface area contributed by atoms with Gasteiger partial charge in [0, 0.05) is 12.0 Å². The van der Waals surface area contributed by atoms with Gasteiger partial charge in [0.05, 0.1) is 5.56 Å². The zero-order valence-corrected chi connectivity index (χ0v) is 15.9. The quantitative estimate of drug-likeness (QED) is 0.812. The molecule has 0 bridgehead atoms. The van der Waals surface area contributed by atoms with Gasteiger partial charge in [0.2, 0.25) is 5.91 Å². The van der Waals surface area contributed by atoms with Gasteiger partial charge in [0.15, 0.2) is 0 Å². The van der Waals surface area contributed by atoms with E-state index in [1.807, 2.05) is 32.9 Å². The first-order valence-corrected chi connectivity index (χ1v) is 8.75. The van der Waals surface area contributed by atoms with Crippen molar-refractivity contribution in [3.05, 3.63) is 70.8 Å². The molecule has 0 aromatic heterocycles. The van der Waals surface area contributed by atoms with Crippen LogP contribution in [0.25, 0.3) is 0 Å². The molecule has 0 fully saturated rings. The van der Waals surface area contributed by atoms with Gasteiger partial charge in [-0.1, -0.05) is 51.1 Å². The van der Waals surface area contributed by atoms with Gasteiger partial charge in [-0.3, -0.25) is 9.59 Å². The van der Waals surface area contributed by atoms with E-state index in [9.17, 15) is 22.8 Å². The molecule has 0 saturated heterocycles. The Kier molecular flexibility index (Phi) is 6.17. The van der Waals surface area contributed by atoms with Gasteiger partial charge in [-0.05, 0) is 34.7 Å². The summed E-state index contributed by atoms with van der Waals surface area (Å²) >= 11 is 0. The molecular weight excluding hydrogens is 369 g/mol. The number of rotatable bonds is 5. The second-order valence-electron chi connectivity index (χ2n) is 7.66. The summed E-state index contributed by atoms with van der Waals surface area (Å²) < 4.78 is 38.6. The maximum atomic E-state index is 12.9. The highest BCUT2D eigenvalue weighted by molar-refractivity contribution is 5.97. The van der Waals surface area contributed by atoms with Gasteiger partial charge >= 0.3 is 6.18 Å². The summed E-state index contributed by atoms with van der Waals surface area (Å²) in [5.41, 5.74) is 6.07. The number of halogens is 3. The van der Waals surface area contributed by atoms with Crippen LogP contribution in [0.1, 0.15) is 47.8 Å². The number of amides is 2. The van der Waals surface area contributed by atoms with E-state index < -0.39 is 29.6 Å². The Morgan fingerprint density at radius 3 is 2.11 bits per heavy atom. The molecule has 28 heavy (non-hydrogen) atoms. The molecule has 0 saturated carbocycles. The summed E-state index contributed by atoms with van der Waals surface area (Å²) in [6.45, 7) is 6.13. The summed E-state index contributed by atoms with van der Waals surface area (Å²) in [6.07, 6.45) is -4.62. The highest BCUT2D eigenvalue weighted by Gasteiger charge is 2.31. The smallest absolute Gasteiger partial charge is 0.368 e. The van der Waals surface area contributed by atoms with Crippen LogP contribution >= 0.6 is 0 Å². The van der Waals surface area contributed by atoms with Crippen LogP contribution in [-0.4, -0.2) is 17.9 Å². The lowest BCUT2D eigenvalue weighted by Gasteiger charge is -2.20. The SMILES string of the molecule is CC(C)(C)c1ccc(C(=O)N[C@H](Cc2cccc(C(F)(F)F)c2)C(N)=O)cc1. The van der Waals surface area contributed by atoms with Gasteiger partial charge in [0.1, 0.15) is 6.04 Å². The van der Waals surface area contributed by atoms with Crippen LogP contribution in [0.4, 0.5) is 13.2 Å². The third-order valence-corrected chi connectivity index (χ3v) is 4.36. The van der Waals surface area contributed by atoms with Crippen LogP contribution in [0.15, 0.2) is 48.5 Å². The highest BCUT2D eigenvalue weighted by Crippen LogP contribution is 2.29. The average Bonchev–Trinajstić information content (AvgIpc) is 2.60. The Morgan fingerprint density at radius 1 is 1.00 bits per heavy atom. The number of hydrogen-bond acceptors (Lipinski definition) is 2. The van der Waals surface area contributed by atoms with Crippen LogP contribution in [0.3, 0.4) is 0 Å². The van der Waals surface area contributed by atoms with Crippen molar-refractivity contribution < 1.29 is 22.8 Å². The number of primary amides is 1. The number of nitrogens with one attached hydrogen (secondary N) is 1. The molecule has 150 valence electrons. The van der Waals surface area contributed by atoms with E-state index in [0.29, 0.717) is 5.56 Å². The van der Waals surface area contributed by atoms with Crippen LogP contribution < -0.4 is 11.1 Å². The zero-order valence-electron chi connectivity index (χ0n) is 15.9. The predicted molar refractivity (Wildman–Crippen MR) is 101 cm³/mol. The van der Waals surface area contributed by atoms with Gasteiger partial charge in [0.25, 0.3) is 5.91 Å². The van der Waals surface area contributed by atoms with Crippen molar-refractivity contribution >= 4 is 11.8 Å². The van der Waals surface area contributed by atoms with Crippen molar-refractivity contribution in [1.82, 2.24) is 5.32 Å². The predicted octanol–water partition coefficient (Wildman–Crippen LogP) is 3.83. The largest absolute Gasteiger partial charge is 0.416 e. The molecule has 0 aliphatic heterocycles. The van der Waals surface area contributed by atoms with Crippen molar-refractivity contribution in [1.29, 1.82) is 0 Å². The minimum Gasteiger partial charge on any atom is -0.368 e. The van der Waals surface area contributed by atoms with Crippen molar-refractivity contribution in [2.75, 3.05) is 0 Å². The molecule has 7 heteroatoms. The van der Waals surface area contributed by atoms with E-state index >= 15 is 0 Å². The van der Waals surface area contributed by atoms with Gasteiger partial charge < -0.3 is 11.1 Å². The maximum Gasteiger partial charge on any atom is 0.416 e. The first-order chi connectivity index (χ1) is 12.9. The first kappa shape index (κ1) is 21.5. The van der Waals surface area contributed by atoms with Crippen molar-refractivity contribution in [3.8, 4) is 0 Å². The number of carbonyl (C=O) groups excluding carboxylic acids is 2. The Bertz CT molecular complexity index is 853. The fourth-order valence-electron chi connectivity index (χ4n) is 2.70. The maximum absolute atomic E-state index is 12.9. The fourth-order valence-corrected chi connectivity index (χ4v) is 2.70. The molecule has 2 rings (SSSR count). The van der Waals surface area contributed by atoms with Crippen LogP contribution in [0.5, 0.6) is 0 Å². The molecule has 0 aliphatic rings. The molecule has 2 aromatic carbocycles. The number of hydrogen-bond donors (Lipinski definition) is 2. The van der Waals surface area contributed by atoms with E-state index in [1.165, 1.54) is 12.1 Å². The van der Waals surface area contributed by atoms with Crippen LogP contribution in [-0.2, 0) is 22.8 Å². The van der Waals surface area contributed by atoms with Crippen LogP contribution in [0.2, 0.25) is 0 Å². The standard InChI is InChI=1S/C21H23F3N2O2/c1-20(2,3)15-9-7-14(8-10-15)19(28)26-17(18(25)27)12-13-5-4-6-16(11-13)21(22,23)24/h4-11,17H,12H2,1-3H3,(H2,25,27)(H,26,28)/t17-/m1/s1. The molecule has 0 aliphatic carbocycles. The molecule has 3 N–H and O–H groups in total. The molecule has 1 atom stereocenters. The van der Waals surface area contributed by atoms with E-state index in [2.05, 4.69) is 5.32 Å². The third-order valence-electron chi connectivity index (χ3n) is 4.36. The summed E-state index contributed by atoms with van der Waals surface area (Å²) in [5.74, 6) is -1.34. The van der Waals surface area contributed by atoms with E-state index in [-0.39, 0.29) is 17.4 Å². The van der Waals surface area contributed by atoms with Gasteiger partial charge in [-0.15, -0.1) is 0 Å². The molecule has 0 heterocycles. The zero-order chi connectivity index (χ0) is 21.1. The second kappa shape index (κ2) is 8.04. The van der Waals surface area contributed by atoms with Crippen LogP contribution in [0, 0.1) is 0 Å². The lowest BCUT2D eigenvalue weighted by atomic mass is 9.86. The van der Waals surface area contributed by atoms with Crippen molar-refractivity contribution in [3.63, 3.8) is 0 Å². The summed E-state index contributed by atoms with van der Waals surface area (Å²) in [6, 6.07) is 10.4. The highest BCUT2D eigenvalue weighted by atomic mass is 19.4. The Morgan fingerprint density at radius 2 is 1.61 bits per heavy atom. The number of benzene rings is 2. The molecular formula is C21H23F3N2O2. The minimum atomic E-state index is -4.49. The van der Waals surface area contributed by atoms with Gasteiger partial charge in [-0.25, -0.2) is 0 Å². The first-order valence-electron chi connectivity index (χ1n) is 8.75. The van der Waals surface area contributed by atoms with Crippen molar-refractivity contribution in [2.45, 2.75) is 44.8 Å². The topological polar surface area (TPSA) is 72.2 Å². The molecule has 2 aromatic rings. The average molecular weight is 392 g/mol. The summed E-state index contributed by atoms with van der Waals surface area (Å²) in [5, 5.41) is 2.50. The van der Waals surface area contributed by atoms with E-state index in [0.717, 1.165) is 17.7 Å². The molecule has 0 spiro atoms. The van der Waals surface area contributed by atoms with Crippen molar-refractivity contribution in [2.24, 2.45) is 5.73 Å². The molecule has 0 radical (unpaired) electrons. The van der Waals surface area contributed by atoms with E-state index in [1.54, 1.807) is 12.1 Å². The Balaban J connectivity index is 2.15. The number of alkyl halides is 3. The Hall–Kier alpha value is -2.83. The van der Waals surface area contributed by atoms with E-state index in [4.69, 9.17) is 5.73 Å². The second-order valence-corrected chi connectivity index (χ2v) is 7.66. The molecule has 4 nitrogen and oxygen atoms in total. The van der Waals surface area contributed by atoms with Gasteiger partial charge in [-0.2, -0.15) is 13.2 Å². The Labute approximate surface area is 161 Å². The normalized spacial score (nSPS) is 13.1. The minimum absolute atomic E-state index is 0.0751. The monoisotopic (exact) mass is 392 g/mol.